The van der Waals surface area contributed by atoms with Gasteiger partial charge < -0.3 is 24.4 Å². The van der Waals surface area contributed by atoms with Gasteiger partial charge in [-0.05, 0) is 25.3 Å². The number of alkyl halides is 3. The predicted molar refractivity (Wildman–Crippen MR) is 101 cm³/mol. The maximum absolute atomic E-state index is 13.2. The standard InChI is InChI=1S/C20H26F3N3O4/c1-2-16-12-29-19(30-16)5-3-15(4-6-19)25-17-13(11-26-7-8-28-18(26)27)9-14(10-24-17)20(21,22)23/h9-10,15-16H,2-8,11-12H2,1H3,(H,24,25). The fourth-order valence-electron chi connectivity index (χ4n) is 4.17. The Kier molecular flexibility index (Phi) is 5.80. The first kappa shape index (κ1) is 21.2. The van der Waals surface area contributed by atoms with Crippen LogP contribution in [-0.4, -0.2) is 53.7 Å². The van der Waals surface area contributed by atoms with Crippen molar-refractivity contribution < 1.29 is 32.2 Å². The van der Waals surface area contributed by atoms with E-state index in [2.05, 4.69) is 17.2 Å². The van der Waals surface area contributed by atoms with E-state index in [0.717, 1.165) is 44.4 Å². The molecule has 0 aromatic carbocycles. The van der Waals surface area contributed by atoms with Gasteiger partial charge in [-0.3, -0.25) is 0 Å². The Balaban J connectivity index is 1.46. The topological polar surface area (TPSA) is 72.9 Å². The van der Waals surface area contributed by atoms with Crippen LogP contribution in [0, 0.1) is 0 Å². The van der Waals surface area contributed by atoms with E-state index in [1.165, 1.54) is 4.90 Å². The molecule has 1 N–H and O–H groups in total. The maximum Gasteiger partial charge on any atom is 0.417 e. The number of ether oxygens (including phenoxy) is 3. The Hall–Kier alpha value is -2.07. The molecule has 2 aliphatic heterocycles. The van der Waals surface area contributed by atoms with Crippen LogP contribution < -0.4 is 5.32 Å². The quantitative estimate of drug-likeness (QED) is 0.765. The second-order valence-corrected chi connectivity index (χ2v) is 8.05. The number of hydrogen-bond donors (Lipinski definition) is 1. The van der Waals surface area contributed by atoms with Gasteiger partial charge in [-0.25, -0.2) is 9.78 Å². The summed E-state index contributed by atoms with van der Waals surface area (Å²) in [5.41, 5.74) is -0.514. The number of halogens is 3. The van der Waals surface area contributed by atoms with Crippen LogP contribution in [-0.2, 0) is 26.9 Å². The van der Waals surface area contributed by atoms with E-state index in [-0.39, 0.29) is 25.3 Å². The monoisotopic (exact) mass is 429 g/mol. The third-order valence-electron chi connectivity index (χ3n) is 5.96. The molecule has 1 amide bonds. The summed E-state index contributed by atoms with van der Waals surface area (Å²) in [5.74, 6) is -0.169. The van der Waals surface area contributed by atoms with Crippen molar-refractivity contribution in [3.05, 3.63) is 23.4 Å². The molecule has 3 aliphatic rings. The molecule has 1 atom stereocenters. The highest BCUT2D eigenvalue weighted by molar-refractivity contribution is 5.69. The number of anilines is 1. The fraction of sp³-hybridized carbons (Fsp3) is 0.700. The molecule has 30 heavy (non-hydrogen) atoms. The normalized spacial score (nSPS) is 29.5. The molecule has 0 radical (unpaired) electrons. The van der Waals surface area contributed by atoms with Crippen molar-refractivity contribution in [3.8, 4) is 0 Å². The summed E-state index contributed by atoms with van der Waals surface area (Å²) < 4.78 is 56.4. The number of nitrogens with zero attached hydrogens (tertiary/aromatic N) is 2. The lowest BCUT2D eigenvalue weighted by Gasteiger charge is -2.36. The SMILES string of the molecule is CCC1COC2(CCC(Nc3ncc(C(F)(F)F)cc3CN3CCOC3=O)CC2)O1. The third-order valence-corrected chi connectivity index (χ3v) is 5.96. The van der Waals surface area contributed by atoms with Gasteiger partial charge in [-0.15, -0.1) is 0 Å². The van der Waals surface area contributed by atoms with Gasteiger partial charge >= 0.3 is 12.3 Å². The van der Waals surface area contributed by atoms with Gasteiger partial charge in [0.15, 0.2) is 5.79 Å². The van der Waals surface area contributed by atoms with E-state index in [1.54, 1.807) is 0 Å². The van der Waals surface area contributed by atoms with Crippen LogP contribution in [0.1, 0.15) is 50.2 Å². The van der Waals surface area contributed by atoms with Crippen molar-refractivity contribution in [1.82, 2.24) is 9.88 Å². The summed E-state index contributed by atoms with van der Waals surface area (Å²) in [6, 6.07) is 1.09. The van der Waals surface area contributed by atoms with Crippen LogP contribution in [0.3, 0.4) is 0 Å². The van der Waals surface area contributed by atoms with Crippen LogP contribution in [0.2, 0.25) is 0 Å². The number of carbonyl (C=O) groups excluding carboxylic acids is 1. The largest absolute Gasteiger partial charge is 0.448 e. The summed E-state index contributed by atoms with van der Waals surface area (Å²) in [5, 5.41) is 3.28. The lowest BCUT2D eigenvalue weighted by Crippen LogP contribution is -2.40. The van der Waals surface area contributed by atoms with E-state index in [4.69, 9.17) is 14.2 Å². The molecule has 1 unspecified atom stereocenters. The average Bonchev–Trinajstić information content (AvgIpc) is 3.30. The van der Waals surface area contributed by atoms with E-state index in [0.29, 0.717) is 24.5 Å². The van der Waals surface area contributed by atoms with E-state index in [9.17, 15) is 18.0 Å². The Bertz CT molecular complexity index is 781. The summed E-state index contributed by atoms with van der Waals surface area (Å²) in [7, 11) is 0. The first-order chi connectivity index (χ1) is 14.3. The zero-order chi connectivity index (χ0) is 21.4. The maximum atomic E-state index is 13.2. The third kappa shape index (κ3) is 4.49. The number of cyclic esters (lactones) is 1. The minimum atomic E-state index is -4.50. The summed E-state index contributed by atoms with van der Waals surface area (Å²) >= 11 is 0. The first-order valence-electron chi connectivity index (χ1n) is 10.3. The van der Waals surface area contributed by atoms with Crippen molar-refractivity contribution in [2.24, 2.45) is 0 Å². The van der Waals surface area contributed by atoms with Crippen molar-refractivity contribution in [2.75, 3.05) is 25.1 Å². The molecule has 1 saturated carbocycles. The zero-order valence-electron chi connectivity index (χ0n) is 16.8. The Labute approximate surface area is 172 Å². The van der Waals surface area contributed by atoms with Crippen LogP contribution in [0.25, 0.3) is 0 Å². The fourth-order valence-corrected chi connectivity index (χ4v) is 4.17. The number of carbonyl (C=O) groups is 1. The average molecular weight is 429 g/mol. The number of aromatic nitrogens is 1. The highest BCUT2D eigenvalue weighted by Crippen LogP contribution is 2.39. The molecule has 3 fully saturated rings. The van der Waals surface area contributed by atoms with Gasteiger partial charge in [0.1, 0.15) is 12.4 Å². The van der Waals surface area contributed by atoms with E-state index < -0.39 is 23.6 Å². The molecule has 0 bridgehead atoms. The Morgan fingerprint density at radius 2 is 2.10 bits per heavy atom. The molecule has 1 spiro atoms. The molecule has 10 heteroatoms. The number of pyridine rings is 1. The second kappa shape index (κ2) is 8.22. The molecular weight excluding hydrogens is 403 g/mol. The molecule has 1 aromatic rings. The molecule has 7 nitrogen and oxygen atoms in total. The van der Waals surface area contributed by atoms with Gasteiger partial charge in [0.05, 0.1) is 31.4 Å². The number of nitrogens with one attached hydrogen (secondary N) is 1. The molecule has 1 aromatic heterocycles. The van der Waals surface area contributed by atoms with Gasteiger partial charge in [-0.2, -0.15) is 13.2 Å². The first-order valence-corrected chi connectivity index (χ1v) is 10.3. The van der Waals surface area contributed by atoms with E-state index in [1.807, 2.05) is 0 Å². The van der Waals surface area contributed by atoms with Crippen molar-refractivity contribution in [2.45, 2.75) is 69.7 Å². The second-order valence-electron chi connectivity index (χ2n) is 8.05. The van der Waals surface area contributed by atoms with Crippen LogP contribution >= 0.6 is 0 Å². The minimum absolute atomic E-state index is 0.0130. The summed E-state index contributed by atoms with van der Waals surface area (Å²) in [6.07, 6.45) is -0.235. The molecule has 166 valence electrons. The van der Waals surface area contributed by atoms with Crippen molar-refractivity contribution >= 4 is 11.9 Å². The van der Waals surface area contributed by atoms with E-state index >= 15 is 0 Å². The number of rotatable bonds is 5. The zero-order valence-corrected chi connectivity index (χ0v) is 16.8. The smallest absolute Gasteiger partial charge is 0.417 e. The molecule has 4 rings (SSSR count). The van der Waals surface area contributed by atoms with Crippen molar-refractivity contribution in [1.29, 1.82) is 0 Å². The van der Waals surface area contributed by atoms with Gasteiger partial charge in [0.25, 0.3) is 0 Å². The van der Waals surface area contributed by atoms with Gasteiger partial charge in [0, 0.05) is 30.6 Å². The molecule has 2 saturated heterocycles. The highest BCUT2D eigenvalue weighted by Gasteiger charge is 2.44. The molecule has 3 heterocycles. The minimum Gasteiger partial charge on any atom is -0.448 e. The number of amides is 1. The molecule has 1 aliphatic carbocycles. The van der Waals surface area contributed by atoms with Gasteiger partial charge in [-0.1, -0.05) is 6.92 Å². The van der Waals surface area contributed by atoms with Crippen LogP contribution in [0.15, 0.2) is 12.3 Å². The highest BCUT2D eigenvalue weighted by atomic mass is 19.4. The van der Waals surface area contributed by atoms with Crippen LogP contribution in [0.5, 0.6) is 0 Å². The summed E-state index contributed by atoms with van der Waals surface area (Å²) in [4.78, 5) is 17.2. The Morgan fingerprint density at radius 1 is 1.33 bits per heavy atom. The number of hydrogen-bond acceptors (Lipinski definition) is 6. The molecular formula is C20H26F3N3O4. The Morgan fingerprint density at radius 3 is 2.70 bits per heavy atom. The van der Waals surface area contributed by atoms with Crippen molar-refractivity contribution in [3.63, 3.8) is 0 Å². The lowest BCUT2D eigenvalue weighted by molar-refractivity contribution is -0.188. The lowest BCUT2D eigenvalue weighted by atomic mass is 9.90. The van der Waals surface area contributed by atoms with Crippen LogP contribution in [0.4, 0.5) is 23.8 Å². The summed E-state index contributed by atoms with van der Waals surface area (Å²) in [6.45, 7) is 3.25. The van der Waals surface area contributed by atoms with Gasteiger partial charge in [0.2, 0.25) is 0 Å². The predicted octanol–water partition coefficient (Wildman–Crippen LogP) is 3.93.